The van der Waals surface area contributed by atoms with Gasteiger partial charge in [-0.3, -0.25) is 0 Å². The largest absolute Gasteiger partial charge is 0.574 e. The van der Waals surface area contributed by atoms with E-state index in [1.807, 2.05) is 6.07 Å². The fourth-order valence-corrected chi connectivity index (χ4v) is 1.62. The summed E-state index contributed by atoms with van der Waals surface area (Å²) in [6, 6.07) is 3.38. The molecule has 0 unspecified atom stereocenters. The van der Waals surface area contributed by atoms with Gasteiger partial charge >= 0.3 is 6.36 Å². The van der Waals surface area contributed by atoms with Gasteiger partial charge in [0, 0.05) is 5.56 Å². The van der Waals surface area contributed by atoms with Crippen LogP contribution in [0.3, 0.4) is 0 Å². The zero-order valence-corrected chi connectivity index (χ0v) is 10.3. The highest BCUT2D eigenvalue weighted by molar-refractivity contribution is 14.1. The number of aromatic nitrogens is 1. The molecule has 0 saturated carbocycles. The summed E-state index contributed by atoms with van der Waals surface area (Å²) in [4.78, 5) is 3.67. The third-order valence-electron chi connectivity index (χ3n) is 1.67. The summed E-state index contributed by atoms with van der Waals surface area (Å²) in [7, 11) is 0. The summed E-state index contributed by atoms with van der Waals surface area (Å²) < 4.78 is 40.0. The monoisotopic (exact) mass is 342 g/mol. The van der Waals surface area contributed by atoms with E-state index < -0.39 is 12.2 Å². The van der Waals surface area contributed by atoms with Crippen LogP contribution in [0.5, 0.6) is 5.88 Å². The van der Waals surface area contributed by atoms with E-state index >= 15 is 0 Å². The Hall–Kier alpha value is -1.04. The minimum Gasteiger partial charge on any atom is -0.388 e. The molecule has 7 heteroatoms. The van der Waals surface area contributed by atoms with Crippen molar-refractivity contribution in [3.63, 3.8) is 0 Å². The molecule has 0 aliphatic rings. The molecule has 1 aromatic rings. The molecule has 0 saturated heterocycles. The minimum atomic E-state index is -4.75. The average molecular weight is 342 g/mol. The van der Waals surface area contributed by atoms with Crippen molar-refractivity contribution in [2.75, 3.05) is 0 Å². The second kappa shape index (κ2) is 4.86. The van der Waals surface area contributed by atoms with Crippen LogP contribution in [0.4, 0.5) is 13.2 Å². The molecule has 0 radical (unpaired) electrons. The molecule has 0 bridgehead atoms. The second-order valence-corrected chi connectivity index (χ2v) is 3.96. The highest BCUT2D eigenvalue weighted by atomic mass is 127. The number of halogens is 4. The SMILES string of the molecule is Cc1cc(CC#N)c(I)nc1OC(F)(F)F. The normalized spacial score (nSPS) is 11.0. The maximum absolute atomic E-state index is 12.0. The summed E-state index contributed by atoms with van der Waals surface area (Å²) >= 11 is 1.77. The minimum absolute atomic E-state index is 0.110. The molecule has 1 aromatic heterocycles. The van der Waals surface area contributed by atoms with Crippen molar-refractivity contribution < 1.29 is 17.9 Å². The van der Waals surface area contributed by atoms with E-state index in [1.54, 1.807) is 22.6 Å². The number of rotatable bonds is 2. The number of alkyl halides is 3. The van der Waals surface area contributed by atoms with Crippen molar-refractivity contribution >= 4 is 22.6 Å². The molecule has 0 spiro atoms. The van der Waals surface area contributed by atoms with Gasteiger partial charge in [0.2, 0.25) is 5.88 Å². The van der Waals surface area contributed by atoms with Crippen LogP contribution in [0.25, 0.3) is 0 Å². The first kappa shape index (κ1) is 13.0. The van der Waals surface area contributed by atoms with E-state index in [9.17, 15) is 13.2 Å². The van der Waals surface area contributed by atoms with E-state index in [-0.39, 0.29) is 12.0 Å². The third-order valence-corrected chi connectivity index (χ3v) is 2.61. The highest BCUT2D eigenvalue weighted by Crippen LogP contribution is 2.26. The maximum atomic E-state index is 12.0. The summed E-state index contributed by atoms with van der Waals surface area (Å²) in [5.74, 6) is -0.474. The molecule has 0 aliphatic heterocycles. The van der Waals surface area contributed by atoms with Crippen LogP contribution in [0, 0.1) is 22.0 Å². The van der Waals surface area contributed by atoms with Gasteiger partial charge in [-0.05, 0) is 41.1 Å². The van der Waals surface area contributed by atoms with Gasteiger partial charge in [-0.15, -0.1) is 13.2 Å². The van der Waals surface area contributed by atoms with Gasteiger partial charge < -0.3 is 4.74 Å². The third kappa shape index (κ3) is 3.52. The summed E-state index contributed by atoms with van der Waals surface area (Å²) in [5, 5.41) is 8.50. The van der Waals surface area contributed by atoms with Crippen LogP contribution in [0.1, 0.15) is 11.1 Å². The molecule has 1 rings (SSSR count). The summed E-state index contributed by atoms with van der Waals surface area (Å²) in [6.45, 7) is 1.45. The van der Waals surface area contributed by atoms with Gasteiger partial charge in [0.05, 0.1) is 12.5 Å². The van der Waals surface area contributed by atoms with Gasteiger partial charge in [-0.1, -0.05) is 0 Å². The number of nitriles is 1. The predicted octanol–water partition coefficient (Wildman–Crippen LogP) is 2.96. The van der Waals surface area contributed by atoms with E-state index in [2.05, 4.69) is 9.72 Å². The lowest BCUT2D eigenvalue weighted by Gasteiger charge is -2.11. The van der Waals surface area contributed by atoms with E-state index in [1.165, 1.54) is 13.0 Å². The Morgan fingerprint density at radius 1 is 1.56 bits per heavy atom. The van der Waals surface area contributed by atoms with Gasteiger partial charge in [0.25, 0.3) is 0 Å². The molecule has 0 atom stereocenters. The van der Waals surface area contributed by atoms with Gasteiger partial charge in [-0.2, -0.15) is 5.26 Å². The molecule has 0 aliphatic carbocycles. The summed E-state index contributed by atoms with van der Waals surface area (Å²) in [5.41, 5.74) is 0.845. The lowest BCUT2D eigenvalue weighted by molar-refractivity contribution is -0.276. The lowest BCUT2D eigenvalue weighted by Crippen LogP contribution is -2.19. The molecule has 0 N–H and O–H groups in total. The first-order chi connectivity index (χ1) is 7.33. The fourth-order valence-electron chi connectivity index (χ4n) is 1.05. The lowest BCUT2D eigenvalue weighted by atomic mass is 10.2. The number of hydrogen-bond donors (Lipinski definition) is 0. The van der Waals surface area contributed by atoms with Gasteiger partial charge in [0.15, 0.2) is 0 Å². The van der Waals surface area contributed by atoms with Crippen LogP contribution >= 0.6 is 22.6 Å². The topological polar surface area (TPSA) is 45.9 Å². The molecular formula is C9H6F3IN2O. The van der Waals surface area contributed by atoms with Gasteiger partial charge in [-0.25, -0.2) is 4.98 Å². The van der Waals surface area contributed by atoms with Crippen molar-refractivity contribution in [1.82, 2.24) is 4.98 Å². The first-order valence-electron chi connectivity index (χ1n) is 4.12. The highest BCUT2D eigenvalue weighted by Gasteiger charge is 2.32. The Balaban J connectivity index is 3.07. The first-order valence-corrected chi connectivity index (χ1v) is 5.20. The van der Waals surface area contributed by atoms with Crippen molar-refractivity contribution in [2.45, 2.75) is 19.7 Å². The van der Waals surface area contributed by atoms with Crippen molar-refractivity contribution in [3.8, 4) is 11.9 Å². The van der Waals surface area contributed by atoms with Crippen molar-refractivity contribution in [2.24, 2.45) is 0 Å². The van der Waals surface area contributed by atoms with Crippen LogP contribution in [-0.4, -0.2) is 11.3 Å². The number of ether oxygens (including phenoxy) is 1. The standard InChI is InChI=1S/C9H6F3IN2O/c1-5-4-6(2-3-14)7(13)15-8(5)16-9(10,11)12/h4H,2H2,1H3. The zero-order valence-electron chi connectivity index (χ0n) is 8.10. The van der Waals surface area contributed by atoms with Crippen LogP contribution in [0.15, 0.2) is 6.07 Å². The fraction of sp³-hybridized carbons (Fsp3) is 0.333. The van der Waals surface area contributed by atoms with E-state index in [0.717, 1.165) is 0 Å². The zero-order chi connectivity index (χ0) is 12.3. The molecular weight excluding hydrogens is 336 g/mol. The number of nitrogens with zero attached hydrogens (tertiary/aromatic N) is 2. The Kier molecular flexibility index (Phi) is 3.96. The number of hydrogen-bond acceptors (Lipinski definition) is 3. The molecule has 0 fully saturated rings. The number of aryl methyl sites for hydroxylation is 1. The molecule has 86 valence electrons. The van der Waals surface area contributed by atoms with Crippen molar-refractivity contribution in [1.29, 1.82) is 5.26 Å². The molecule has 1 heterocycles. The summed E-state index contributed by atoms with van der Waals surface area (Å²) in [6.07, 6.45) is -4.64. The van der Waals surface area contributed by atoms with Crippen LogP contribution in [0.2, 0.25) is 0 Å². The van der Waals surface area contributed by atoms with Gasteiger partial charge in [0.1, 0.15) is 3.70 Å². The quantitative estimate of drug-likeness (QED) is 0.613. The van der Waals surface area contributed by atoms with Crippen LogP contribution < -0.4 is 4.74 Å². The maximum Gasteiger partial charge on any atom is 0.574 e. The Labute approximate surface area is 103 Å². The second-order valence-electron chi connectivity index (χ2n) is 2.94. The Morgan fingerprint density at radius 2 is 2.19 bits per heavy atom. The van der Waals surface area contributed by atoms with Crippen molar-refractivity contribution in [3.05, 3.63) is 20.9 Å². The van der Waals surface area contributed by atoms with Crippen LogP contribution in [-0.2, 0) is 6.42 Å². The molecule has 0 amide bonds. The van der Waals surface area contributed by atoms with E-state index in [0.29, 0.717) is 9.26 Å². The molecule has 16 heavy (non-hydrogen) atoms. The Morgan fingerprint density at radius 3 is 2.69 bits per heavy atom. The average Bonchev–Trinajstić information content (AvgIpc) is 2.11. The predicted molar refractivity (Wildman–Crippen MR) is 57.7 cm³/mol. The molecule has 0 aromatic carbocycles. The molecule has 3 nitrogen and oxygen atoms in total. The number of pyridine rings is 1. The smallest absolute Gasteiger partial charge is 0.388 e. The van der Waals surface area contributed by atoms with E-state index in [4.69, 9.17) is 5.26 Å². The Bertz CT molecular complexity index is 440.